The molecule has 1 aromatic carbocycles. The third-order valence-electron chi connectivity index (χ3n) is 9.42. The van der Waals surface area contributed by atoms with Crippen molar-refractivity contribution in [1.82, 2.24) is 14.5 Å². The van der Waals surface area contributed by atoms with Crippen LogP contribution in [0.4, 0.5) is 17.3 Å². The molecule has 2 N–H and O–H groups in total. The van der Waals surface area contributed by atoms with E-state index in [2.05, 4.69) is 46.4 Å². The summed E-state index contributed by atoms with van der Waals surface area (Å²) < 4.78 is 1.95. The second kappa shape index (κ2) is 10.1. The van der Waals surface area contributed by atoms with E-state index in [1.807, 2.05) is 23.8 Å². The number of hydrogen-bond acceptors (Lipinski definition) is 6. The minimum absolute atomic E-state index is 0.0425. The molecule has 0 spiro atoms. The van der Waals surface area contributed by atoms with E-state index in [0.717, 1.165) is 60.9 Å². The largest absolute Gasteiger partial charge is 0.393 e. The first-order valence-electron chi connectivity index (χ1n) is 14.1. The number of rotatable bonds is 7. The van der Waals surface area contributed by atoms with E-state index in [1.54, 1.807) is 6.07 Å². The second-order valence-electron chi connectivity index (χ2n) is 11.7. The second-order valence-corrected chi connectivity index (χ2v) is 11.7. The Balaban J connectivity index is 1.16. The van der Waals surface area contributed by atoms with E-state index in [0.29, 0.717) is 17.8 Å². The first-order chi connectivity index (χ1) is 18.0. The summed E-state index contributed by atoms with van der Waals surface area (Å²) in [6.07, 6.45) is 9.60. The highest BCUT2D eigenvalue weighted by molar-refractivity contribution is 5.76. The fourth-order valence-electron chi connectivity index (χ4n) is 7.20. The molecule has 3 aliphatic rings. The number of aromatic nitrogens is 3. The molecule has 0 amide bonds. The summed E-state index contributed by atoms with van der Waals surface area (Å²) in [4.78, 5) is 24.9. The number of fused-ring (bicyclic) bond motifs is 3. The molecule has 1 aliphatic heterocycles. The van der Waals surface area contributed by atoms with Crippen LogP contribution in [0.1, 0.15) is 64.8 Å². The molecule has 5 unspecified atom stereocenters. The molecule has 1 saturated heterocycles. The van der Waals surface area contributed by atoms with Crippen molar-refractivity contribution in [2.24, 2.45) is 23.7 Å². The van der Waals surface area contributed by atoms with Gasteiger partial charge < -0.3 is 15.3 Å². The summed E-state index contributed by atoms with van der Waals surface area (Å²) in [6.45, 7) is 6.35. The zero-order chi connectivity index (χ0) is 25.5. The molecule has 3 fully saturated rings. The van der Waals surface area contributed by atoms with Gasteiger partial charge in [0.2, 0.25) is 5.95 Å². The molecule has 3 heterocycles. The van der Waals surface area contributed by atoms with Gasteiger partial charge in [-0.1, -0.05) is 6.92 Å². The molecular weight excluding hydrogens is 462 g/mol. The molecule has 0 radical (unpaired) electrons. The summed E-state index contributed by atoms with van der Waals surface area (Å²) in [5.74, 6) is 3.22. The molecule has 7 nitrogen and oxygen atoms in total. The number of piperidine rings is 1. The number of hydrogen-bond donors (Lipinski definition) is 2. The summed E-state index contributed by atoms with van der Waals surface area (Å²) >= 11 is 0. The van der Waals surface area contributed by atoms with Gasteiger partial charge in [-0.3, -0.25) is 9.36 Å². The number of benzene rings is 1. The van der Waals surface area contributed by atoms with Gasteiger partial charge in [-0.25, -0.2) is 4.98 Å². The Morgan fingerprint density at radius 2 is 1.86 bits per heavy atom. The standard InChI is InChI=1S/C30H39N5O2/c1-19(36)3-4-21-13-15-34(16-14-21)25-9-7-24(8-10-25)32-30-31-18-23-6-12-28(37)35(29(23)33-30)27-17-22-5-11-26(27)20(22)2/h6-10,12,18-22,26-27,36H,3-5,11,13-17H2,1-2H3,(H,31,32,33). The molecule has 2 aliphatic carbocycles. The van der Waals surface area contributed by atoms with E-state index < -0.39 is 0 Å². The summed E-state index contributed by atoms with van der Waals surface area (Å²) in [5.41, 5.74) is 2.96. The van der Waals surface area contributed by atoms with Gasteiger partial charge in [-0.15, -0.1) is 0 Å². The molecule has 5 atom stereocenters. The lowest BCUT2D eigenvalue weighted by Gasteiger charge is -2.34. The maximum atomic E-state index is 13.0. The average molecular weight is 502 g/mol. The van der Waals surface area contributed by atoms with Crippen molar-refractivity contribution < 1.29 is 5.11 Å². The van der Waals surface area contributed by atoms with E-state index in [4.69, 9.17) is 4.98 Å². The van der Waals surface area contributed by atoms with Gasteiger partial charge in [0.15, 0.2) is 0 Å². The van der Waals surface area contributed by atoms with E-state index in [1.165, 1.54) is 31.4 Å². The van der Waals surface area contributed by atoms with Crippen LogP contribution in [0, 0.1) is 23.7 Å². The smallest absolute Gasteiger partial charge is 0.252 e. The summed E-state index contributed by atoms with van der Waals surface area (Å²) in [5, 5.41) is 13.8. The SMILES string of the molecule is CC(O)CCC1CCN(c2ccc(Nc3ncc4ccc(=O)n(C5CC6CCC5C6C)c4n3)cc2)CC1. The number of anilines is 3. The van der Waals surface area contributed by atoms with Crippen LogP contribution < -0.4 is 15.8 Å². The normalized spacial score (nSPS) is 26.6. The molecule has 2 saturated carbocycles. The van der Waals surface area contributed by atoms with Gasteiger partial charge in [0, 0.05) is 48.2 Å². The molecule has 37 heavy (non-hydrogen) atoms. The van der Waals surface area contributed by atoms with Gasteiger partial charge >= 0.3 is 0 Å². The first-order valence-corrected chi connectivity index (χ1v) is 14.1. The van der Waals surface area contributed by atoms with Crippen molar-refractivity contribution in [3.05, 3.63) is 52.9 Å². The van der Waals surface area contributed by atoms with Crippen LogP contribution >= 0.6 is 0 Å². The van der Waals surface area contributed by atoms with Crippen LogP contribution in [0.2, 0.25) is 0 Å². The molecule has 196 valence electrons. The van der Waals surface area contributed by atoms with Gasteiger partial charge in [-0.2, -0.15) is 4.98 Å². The lowest BCUT2D eigenvalue weighted by Crippen LogP contribution is -2.33. The molecule has 2 bridgehead atoms. The highest BCUT2D eigenvalue weighted by Gasteiger charge is 2.46. The number of aliphatic hydroxyl groups excluding tert-OH is 1. The molecule has 3 aromatic rings. The van der Waals surface area contributed by atoms with Crippen LogP contribution in [-0.4, -0.2) is 38.8 Å². The highest BCUT2D eigenvalue weighted by atomic mass is 16.3. The van der Waals surface area contributed by atoms with Crippen molar-refractivity contribution in [1.29, 1.82) is 0 Å². The maximum Gasteiger partial charge on any atom is 0.252 e. The van der Waals surface area contributed by atoms with E-state index in [9.17, 15) is 9.90 Å². The Kier molecular flexibility index (Phi) is 6.65. The van der Waals surface area contributed by atoms with Crippen molar-refractivity contribution in [2.45, 2.75) is 70.9 Å². The van der Waals surface area contributed by atoms with Crippen molar-refractivity contribution >= 4 is 28.4 Å². The zero-order valence-corrected chi connectivity index (χ0v) is 22.0. The number of aliphatic hydroxyl groups is 1. The summed E-state index contributed by atoms with van der Waals surface area (Å²) in [7, 11) is 0. The van der Waals surface area contributed by atoms with Crippen LogP contribution in [0.5, 0.6) is 0 Å². The highest BCUT2D eigenvalue weighted by Crippen LogP contribution is 2.54. The van der Waals surface area contributed by atoms with Gasteiger partial charge in [0.1, 0.15) is 5.65 Å². The van der Waals surface area contributed by atoms with Crippen LogP contribution in [0.3, 0.4) is 0 Å². The predicted molar refractivity (Wildman–Crippen MR) is 148 cm³/mol. The van der Waals surface area contributed by atoms with Crippen molar-refractivity contribution in [3.8, 4) is 0 Å². The number of nitrogens with zero attached hydrogens (tertiary/aromatic N) is 4. The number of pyridine rings is 1. The van der Waals surface area contributed by atoms with Gasteiger partial charge in [0.05, 0.1) is 6.10 Å². The lowest BCUT2D eigenvalue weighted by atomic mass is 9.91. The minimum atomic E-state index is -0.196. The van der Waals surface area contributed by atoms with Crippen molar-refractivity contribution in [3.63, 3.8) is 0 Å². The first kappa shape index (κ1) is 24.4. The third kappa shape index (κ3) is 4.86. The van der Waals surface area contributed by atoms with E-state index in [-0.39, 0.29) is 17.7 Å². The summed E-state index contributed by atoms with van der Waals surface area (Å²) in [6, 6.07) is 12.2. The Morgan fingerprint density at radius 3 is 2.54 bits per heavy atom. The molecule has 6 rings (SSSR count). The predicted octanol–water partition coefficient (Wildman–Crippen LogP) is 5.52. The Morgan fingerprint density at radius 1 is 1.08 bits per heavy atom. The number of nitrogens with one attached hydrogen (secondary N) is 1. The Hall–Kier alpha value is -2.93. The van der Waals surface area contributed by atoms with Crippen LogP contribution in [0.15, 0.2) is 47.4 Å². The Labute approximate surface area is 218 Å². The lowest BCUT2D eigenvalue weighted by molar-refractivity contribution is 0.169. The van der Waals surface area contributed by atoms with Gasteiger partial charge in [0.25, 0.3) is 5.56 Å². The maximum absolute atomic E-state index is 13.0. The fraction of sp³-hybridized carbons (Fsp3) is 0.567. The topological polar surface area (TPSA) is 83.3 Å². The van der Waals surface area contributed by atoms with Crippen LogP contribution in [0.25, 0.3) is 11.0 Å². The Bertz CT molecular complexity index is 1300. The molecule has 7 heteroatoms. The van der Waals surface area contributed by atoms with Crippen LogP contribution in [-0.2, 0) is 0 Å². The average Bonchev–Trinajstić information content (AvgIpc) is 3.42. The van der Waals surface area contributed by atoms with E-state index >= 15 is 0 Å². The molecule has 2 aromatic heterocycles. The third-order valence-corrected chi connectivity index (χ3v) is 9.42. The molecular formula is C30H39N5O2. The quantitative estimate of drug-likeness (QED) is 0.444. The monoisotopic (exact) mass is 501 g/mol. The fourth-order valence-corrected chi connectivity index (χ4v) is 7.20. The van der Waals surface area contributed by atoms with Gasteiger partial charge in [-0.05, 0) is 106 Å². The zero-order valence-electron chi connectivity index (χ0n) is 22.0. The van der Waals surface area contributed by atoms with Crippen molar-refractivity contribution in [2.75, 3.05) is 23.3 Å². The minimum Gasteiger partial charge on any atom is -0.393 e.